The van der Waals surface area contributed by atoms with Gasteiger partial charge in [-0.15, -0.1) is 0 Å². The summed E-state index contributed by atoms with van der Waals surface area (Å²) >= 11 is 0. The van der Waals surface area contributed by atoms with E-state index in [0.717, 1.165) is 30.3 Å². The fraction of sp³-hybridized carbons (Fsp3) is 0.158. The van der Waals surface area contributed by atoms with E-state index in [1.54, 1.807) is 0 Å². The quantitative estimate of drug-likeness (QED) is 0.663. The maximum atomic E-state index is 6.13. The van der Waals surface area contributed by atoms with Crippen LogP contribution in [0.2, 0.25) is 0 Å². The molecule has 3 heterocycles. The Labute approximate surface area is 129 Å². The molecule has 0 fully saturated rings. The first-order valence-electron chi connectivity index (χ1n) is 7.63. The van der Waals surface area contributed by atoms with Gasteiger partial charge >= 0.3 is 0 Å². The molecule has 0 saturated carbocycles. The maximum absolute atomic E-state index is 6.13. The predicted molar refractivity (Wildman–Crippen MR) is 85.1 cm³/mol. The van der Waals surface area contributed by atoms with Gasteiger partial charge in [-0.25, -0.2) is 0 Å². The van der Waals surface area contributed by atoms with Gasteiger partial charge in [-0.2, -0.15) is 9.13 Å². The lowest BCUT2D eigenvalue weighted by Crippen LogP contribution is -2.40. The summed E-state index contributed by atoms with van der Waals surface area (Å²) in [5.74, 6) is 1.89. The highest BCUT2D eigenvalue weighted by Crippen LogP contribution is 2.27. The van der Waals surface area contributed by atoms with Crippen LogP contribution >= 0.6 is 0 Å². The van der Waals surface area contributed by atoms with Gasteiger partial charge in [0.25, 0.3) is 5.52 Å². The number of aromatic nitrogens is 2. The highest BCUT2D eigenvalue weighted by atomic mass is 16.5. The lowest BCUT2D eigenvalue weighted by molar-refractivity contribution is -0.695. The van der Waals surface area contributed by atoms with Crippen LogP contribution < -0.4 is 13.9 Å². The van der Waals surface area contributed by atoms with E-state index in [1.807, 2.05) is 12.1 Å². The molecule has 1 aliphatic heterocycles. The number of ether oxygens (including phenoxy) is 1. The van der Waals surface area contributed by atoms with Crippen LogP contribution in [0.3, 0.4) is 0 Å². The number of rotatable bonds is 2. The minimum Gasteiger partial charge on any atom is -0.448 e. The number of nitrogens with zero attached hydrogens (tertiary/aromatic N) is 2. The first-order chi connectivity index (χ1) is 10.8. The Kier molecular flexibility index (Phi) is 3.11. The summed E-state index contributed by atoms with van der Waals surface area (Å²) in [6, 6.07) is 16.6. The van der Waals surface area contributed by atoms with Gasteiger partial charge < -0.3 is 4.74 Å². The molecule has 0 saturated heterocycles. The monoisotopic (exact) mass is 290 g/mol. The number of allylic oxidation sites excluding steroid dienone is 1. The first-order valence-corrected chi connectivity index (χ1v) is 7.63. The largest absolute Gasteiger partial charge is 0.448 e. The topological polar surface area (TPSA) is 17.0 Å². The molecule has 0 spiro atoms. The van der Waals surface area contributed by atoms with E-state index in [2.05, 4.69) is 70.9 Å². The Morgan fingerprint density at radius 2 is 1.95 bits per heavy atom. The molecule has 0 atom stereocenters. The van der Waals surface area contributed by atoms with Crippen molar-refractivity contribution in [2.45, 2.75) is 20.0 Å². The number of pyridine rings is 2. The van der Waals surface area contributed by atoms with E-state index < -0.39 is 0 Å². The van der Waals surface area contributed by atoms with Crippen molar-refractivity contribution in [1.29, 1.82) is 0 Å². The molecule has 0 amide bonds. The van der Waals surface area contributed by atoms with E-state index in [4.69, 9.17) is 4.74 Å². The van der Waals surface area contributed by atoms with Gasteiger partial charge in [-0.3, -0.25) is 0 Å². The van der Waals surface area contributed by atoms with Crippen LogP contribution in [0.25, 0.3) is 17.0 Å². The molecule has 0 bridgehead atoms. The molecule has 3 aromatic rings. The van der Waals surface area contributed by atoms with Crippen LogP contribution in [-0.2, 0) is 13.1 Å². The Morgan fingerprint density at radius 3 is 2.86 bits per heavy atom. The fourth-order valence-electron chi connectivity index (χ4n) is 3.01. The van der Waals surface area contributed by atoms with Gasteiger partial charge in [0, 0.05) is 18.2 Å². The van der Waals surface area contributed by atoms with Gasteiger partial charge in [0.05, 0.1) is 11.5 Å². The van der Waals surface area contributed by atoms with Gasteiger partial charge in [-0.05, 0) is 31.2 Å². The molecule has 2 aromatic heterocycles. The molecule has 3 nitrogen and oxygen atoms in total. The second kappa shape index (κ2) is 5.26. The zero-order valence-corrected chi connectivity index (χ0v) is 12.6. The van der Waals surface area contributed by atoms with Crippen molar-refractivity contribution >= 4 is 17.0 Å². The Hall–Kier alpha value is -2.68. The van der Waals surface area contributed by atoms with Crippen LogP contribution in [0.1, 0.15) is 12.6 Å². The van der Waals surface area contributed by atoms with Crippen LogP contribution in [0.5, 0.6) is 5.75 Å². The highest BCUT2D eigenvalue weighted by Gasteiger charge is 2.24. The van der Waals surface area contributed by atoms with Crippen molar-refractivity contribution < 1.29 is 13.9 Å². The molecular weight excluding hydrogens is 272 g/mol. The summed E-state index contributed by atoms with van der Waals surface area (Å²) in [6.07, 6.45) is 6.34. The van der Waals surface area contributed by atoms with Gasteiger partial charge in [0.15, 0.2) is 23.9 Å². The zero-order chi connectivity index (χ0) is 14.9. The molecule has 108 valence electrons. The van der Waals surface area contributed by atoms with Crippen molar-refractivity contribution in [2.24, 2.45) is 0 Å². The van der Waals surface area contributed by atoms with Crippen molar-refractivity contribution in [3.63, 3.8) is 0 Å². The maximum Gasteiger partial charge on any atom is 0.255 e. The lowest BCUT2D eigenvalue weighted by atomic mass is 10.1. The third kappa shape index (κ3) is 2.15. The second-order valence-corrected chi connectivity index (χ2v) is 5.45. The summed E-state index contributed by atoms with van der Waals surface area (Å²) in [5.41, 5.74) is 2.32. The third-order valence-electron chi connectivity index (χ3n) is 4.05. The van der Waals surface area contributed by atoms with E-state index in [9.17, 15) is 0 Å². The summed E-state index contributed by atoms with van der Waals surface area (Å²) in [7, 11) is 0. The minimum atomic E-state index is 0.757. The lowest BCUT2D eigenvalue weighted by Gasteiger charge is -2.15. The average Bonchev–Trinajstić information content (AvgIpc) is 2.56. The molecule has 0 radical (unpaired) electrons. The third-order valence-corrected chi connectivity index (χ3v) is 4.05. The average molecular weight is 290 g/mol. The molecule has 1 aliphatic rings. The van der Waals surface area contributed by atoms with Crippen molar-refractivity contribution in [3.05, 3.63) is 72.4 Å². The van der Waals surface area contributed by atoms with Crippen molar-refractivity contribution in [3.8, 4) is 5.75 Å². The molecule has 0 N–H and O–H groups in total. The van der Waals surface area contributed by atoms with Gasteiger partial charge in [0.2, 0.25) is 12.2 Å². The normalized spacial score (nSPS) is 15.0. The second-order valence-electron chi connectivity index (χ2n) is 5.45. The Bertz CT molecular complexity index is 841. The number of para-hydroxylation sites is 1. The molecule has 4 rings (SSSR count). The molecular formula is C19H18N2O+2. The summed E-state index contributed by atoms with van der Waals surface area (Å²) < 4.78 is 10.6. The van der Waals surface area contributed by atoms with E-state index >= 15 is 0 Å². The summed E-state index contributed by atoms with van der Waals surface area (Å²) in [5, 5.41) is 1.21. The summed E-state index contributed by atoms with van der Waals surface area (Å²) in [6.45, 7) is 3.85. The van der Waals surface area contributed by atoms with Gasteiger partial charge in [0.1, 0.15) is 6.54 Å². The van der Waals surface area contributed by atoms with Crippen LogP contribution in [-0.4, -0.2) is 0 Å². The van der Waals surface area contributed by atoms with Crippen LogP contribution in [0, 0.1) is 0 Å². The SMILES string of the molecule is CC[n+]1ccccc1/C=C1\C[n+]2cccc3cccc(c32)O1. The number of aryl methyl sites for hydroxylation is 1. The molecule has 1 aromatic carbocycles. The Balaban J connectivity index is 1.80. The van der Waals surface area contributed by atoms with Crippen LogP contribution in [0.15, 0.2) is 66.7 Å². The fourth-order valence-corrected chi connectivity index (χ4v) is 3.01. The number of hydrogen-bond donors (Lipinski definition) is 0. The first kappa shape index (κ1) is 13.0. The van der Waals surface area contributed by atoms with E-state index in [0.29, 0.717) is 0 Å². The van der Waals surface area contributed by atoms with Crippen molar-refractivity contribution in [2.75, 3.05) is 0 Å². The predicted octanol–water partition coefficient (Wildman–Crippen LogP) is 2.87. The van der Waals surface area contributed by atoms with Crippen molar-refractivity contribution in [1.82, 2.24) is 0 Å². The Morgan fingerprint density at radius 1 is 1.05 bits per heavy atom. The standard InChI is InChI=1S/C19H18N2O/c1-2-20-11-4-3-9-16(20)13-17-14-21-12-6-8-15-7-5-10-18(22-17)19(15)21/h3-13H,2,14H2,1H3/q+2/b17-13+. The zero-order valence-electron chi connectivity index (χ0n) is 12.6. The number of benzene rings is 1. The van der Waals surface area contributed by atoms with E-state index in [1.165, 1.54) is 10.9 Å². The molecule has 0 aliphatic carbocycles. The molecule has 0 unspecified atom stereocenters. The minimum absolute atomic E-state index is 0.757. The van der Waals surface area contributed by atoms with E-state index in [-0.39, 0.29) is 0 Å². The number of hydrogen-bond acceptors (Lipinski definition) is 1. The molecule has 3 heteroatoms. The molecule has 22 heavy (non-hydrogen) atoms. The highest BCUT2D eigenvalue weighted by molar-refractivity contribution is 5.82. The van der Waals surface area contributed by atoms with Crippen LogP contribution in [0.4, 0.5) is 0 Å². The summed E-state index contributed by atoms with van der Waals surface area (Å²) in [4.78, 5) is 0. The van der Waals surface area contributed by atoms with Gasteiger partial charge in [-0.1, -0.05) is 6.07 Å². The smallest absolute Gasteiger partial charge is 0.255 e.